The lowest BCUT2D eigenvalue weighted by molar-refractivity contribution is -0.120. The number of hydrogen-bond acceptors (Lipinski definition) is 2. The van der Waals surface area contributed by atoms with Crippen LogP contribution in [-0.4, -0.2) is 31.0 Å². The zero-order chi connectivity index (χ0) is 12.5. The summed E-state index contributed by atoms with van der Waals surface area (Å²) in [6.07, 6.45) is 0.346. The molecule has 0 heterocycles. The van der Waals surface area contributed by atoms with E-state index in [-0.39, 0.29) is 5.91 Å². The van der Waals surface area contributed by atoms with Gasteiger partial charge in [0.2, 0.25) is 5.91 Å². The third-order valence-electron chi connectivity index (χ3n) is 2.04. The minimum Gasteiger partial charge on any atom is -0.379 e. The third-order valence-corrected chi connectivity index (χ3v) is 2.60. The van der Waals surface area contributed by atoms with E-state index in [0.29, 0.717) is 31.2 Å². The molecule has 0 radical (unpaired) electrons. The first-order valence-corrected chi connectivity index (χ1v) is 6.87. The SMILES string of the molecule is O=C(Cc1cccc(Cl)c1)NCCOCCBr. The zero-order valence-corrected chi connectivity index (χ0v) is 11.8. The van der Waals surface area contributed by atoms with Crippen molar-refractivity contribution in [2.45, 2.75) is 6.42 Å². The fourth-order valence-electron chi connectivity index (χ4n) is 1.31. The fourth-order valence-corrected chi connectivity index (χ4v) is 1.76. The predicted molar refractivity (Wildman–Crippen MR) is 72.8 cm³/mol. The average Bonchev–Trinajstić information content (AvgIpc) is 2.29. The number of nitrogens with one attached hydrogen (secondary N) is 1. The quantitative estimate of drug-likeness (QED) is 0.619. The van der Waals surface area contributed by atoms with Gasteiger partial charge in [-0.2, -0.15) is 0 Å². The predicted octanol–water partition coefficient (Wildman–Crippen LogP) is 2.41. The summed E-state index contributed by atoms with van der Waals surface area (Å²) in [7, 11) is 0. The molecule has 0 atom stereocenters. The van der Waals surface area contributed by atoms with E-state index in [2.05, 4.69) is 21.2 Å². The zero-order valence-electron chi connectivity index (χ0n) is 9.42. The van der Waals surface area contributed by atoms with Crippen molar-refractivity contribution < 1.29 is 9.53 Å². The summed E-state index contributed by atoms with van der Waals surface area (Å²) in [4.78, 5) is 11.5. The van der Waals surface area contributed by atoms with E-state index in [9.17, 15) is 4.79 Å². The van der Waals surface area contributed by atoms with E-state index < -0.39 is 0 Å². The van der Waals surface area contributed by atoms with Crippen molar-refractivity contribution >= 4 is 33.4 Å². The summed E-state index contributed by atoms with van der Waals surface area (Å²) in [5, 5.41) is 4.25. The number of rotatable bonds is 7. The molecule has 1 amide bonds. The van der Waals surface area contributed by atoms with E-state index in [4.69, 9.17) is 16.3 Å². The van der Waals surface area contributed by atoms with Crippen LogP contribution >= 0.6 is 27.5 Å². The lowest BCUT2D eigenvalue weighted by Crippen LogP contribution is -2.28. The van der Waals surface area contributed by atoms with E-state index in [1.54, 1.807) is 12.1 Å². The van der Waals surface area contributed by atoms with Crippen LogP contribution in [0, 0.1) is 0 Å². The van der Waals surface area contributed by atoms with Gasteiger partial charge in [-0.15, -0.1) is 0 Å². The summed E-state index contributed by atoms with van der Waals surface area (Å²) >= 11 is 9.09. The Bertz CT molecular complexity index is 360. The first-order chi connectivity index (χ1) is 8.22. The molecule has 0 aromatic heterocycles. The molecule has 1 aromatic carbocycles. The number of amides is 1. The Balaban J connectivity index is 2.21. The number of alkyl halides is 1. The molecule has 17 heavy (non-hydrogen) atoms. The first-order valence-electron chi connectivity index (χ1n) is 5.37. The Morgan fingerprint density at radius 3 is 2.94 bits per heavy atom. The molecule has 0 saturated carbocycles. The fraction of sp³-hybridized carbons (Fsp3) is 0.417. The van der Waals surface area contributed by atoms with Crippen molar-refractivity contribution in [3.05, 3.63) is 34.9 Å². The minimum absolute atomic E-state index is 0.0188. The second kappa shape index (κ2) is 8.50. The minimum atomic E-state index is -0.0188. The number of hydrogen-bond donors (Lipinski definition) is 1. The average molecular weight is 321 g/mol. The van der Waals surface area contributed by atoms with Gasteiger partial charge in [0.15, 0.2) is 0 Å². The molecule has 0 aliphatic carbocycles. The van der Waals surface area contributed by atoms with Crippen LogP contribution < -0.4 is 5.32 Å². The normalized spacial score (nSPS) is 10.2. The van der Waals surface area contributed by atoms with Gasteiger partial charge in [0.05, 0.1) is 19.6 Å². The molecular formula is C12H15BrClNO2. The van der Waals surface area contributed by atoms with Crippen molar-refractivity contribution in [2.75, 3.05) is 25.1 Å². The Kier molecular flexibility index (Phi) is 7.24. The standard InChI is InChI=1S/C12H15BrClNO2/c13-4-6-17-7-5-15-12(16)9-10-2-1-3-11(14)8-10/h1-3,8H,4-7,9H2,(H,15,16). The van der Waals surface area contributed by atoms with Gasteiger partial charge in [-0.3, -0.25) is 4.79 Å². The van der Waals surface area contributed by atoms with Gasteiger partial charge in [0.1, 0.15) is 0 Å². The van der Waals surface area contributed by atoms with Gasteiger partial charge in [0, 0.05) is 16.9 Å². The van der Waals surface area contributed by atoms with Gasteiger partial charge < -0.3 is 10.1 Å². The molecule has 5 heteroatoms. The molecule has 1 rings (SSSR count). The van der Waals surface area contributed by atoms with Crippen molar-refractivity contribution in [3.63, 3.8) is 0 Å². The Labute approximate surface area is 115 Å². The van der Waals surface area contributed by atoms with Crippen LogP contribution in [0.15, 0.2) is 24.3 Å². The largest absolute Gasteiger partial charge is 0.379 e. The van der Waals surface area contributed by atoms with Crippen LogP contribution in [0.5, 0.6) is 0 Å². The molecule has 1 aromatic rings. The number of carbonyl (C=O) groups excluding carboxylic acids is 1. The highest BCUT2D eigenvalue weighted by atomic mass is 79.9. The van der Waals surface area contributed by atoms with E-state index >= 15 is 0 Å². The second-order valence-electron chi connectivity index (χ2n) is 3.46. The van der Waals surface area contributed by atoms with Crippen LogP contribution in [0.4, 0.5) is 0 Å². The highest BCUT2D eigenvalue weighted by Gasteiger charge is 2.02. The highest BCUT2D eigenvalue weighted by molar-refractivity contribution is 9.09. The van der Waals surface area contributed by atoms with Crippen molar-refractivity contribution in [1.82, 2.24) is 5.32 Å². The van der Waals surface area contributed by atoms with Gasteiger partial charge in [-0.1, -0.05) is 39.7 Å². The summed E-state index contributed by atoms with van der Waals surface area (Å²) in [6.45, 7) is 1.73. The van der Waals surface area contributed by atoms with Gasteiger partial charge in [-0.05, 0) is 17.7 Å². The molecule has 0 aliphatic rings. The number of carbonyl (C=O) groups is 1. The summed E-state index contributed by atoms with van der Waals surface area (Å²) in [6, 6.07) is 7.30. The molecule has 94 valence electrons. The van der Waals surface area contributed by atoms with Crippen LogP contribution in [0.25, 0.3) is 0 Å². The van der Waals surface area contributed by atoms with Crippen LogP contribution in [0.3, 0.4) is 0 Å². The van der Waals surface area contributed by atoms with Crippen LogP contribution in [0.2, 0.25) is 5.02 Å². The summed E-state index contributed by atoms with van der Waals surface area (Å²) < 4.78 is 5.22. The van der Waals surface area contributed by atoms with Crippen molar-refractivity contribution in [1.29, 1.82) is 0 Å². The maximum Gasteiger partial charge on any atom is 0.224 e. The molecule has 0 unspecified atom stereocenters. The molecule has 0 spiro atoms. The van der Waals surface area contributed by atoms with E-state index in [1.165, 1.54) is 0 Å². The lowest BCUT2D eigenvalue weighted by Gasteiger charge is -2.05. The van der Waals surface area contributed by atoms with E-state index in [0.717, 1.165) is 10.9 Å². The topological polar surface area (TPSA) is 38.3 Å². The molecule has 0 saturated heterocycles. The van der Waals surface area contributed by atoms with Gasteiger partial charge >= 0.3 is 0 Å². The van der Waals surface area contributed by atoms with Crippen molar-refractivity contribution in [2.24, 2.45) is 0 Å². The number of ether oxygens (including phenoxy) is 1. The van der Waals surface area contributed by atoms with Gasteiger partial charge in [0.25, 0.3) is 0 Å². The summed E-state index contributed by atoms with van der Waals surface area (Å²) in [5.74, 6) is -0.0188. The maximum atomic E-state index is 11.5. The number of halogens is 2. The molecule has 3 nitrogen and oxygen atoms in total. The smallest absolute Gasteiger partial charge is 0.224 e. The van der Waals surface area contributed by atoms with E-state index in [1.807, 2.05) is 12.1 Å². The Hall–Kier alpha value is -0.580. The Morgan fingerprint density at radius 2 is 2.24 bits per heavy atom. The first kappa shape index (κ1) is 14.5. The molecule has 0 bridgehead atoms. The monoisotopic (exact) mass is 319 g/mol. The second-order valence-corrected chi connectivity index (χ2v) is 4.69. The summed E-state index contributed by atoms with van der Waals surface area (Å²) in [5.41, 5.74) is 0.913. The molecule has 0 fully saturated rings. The third kappa shape index (κ3) is 6.66. The van der Waals surface area contributed by atoms with Crippen LogP contribution in [-0.2, 0) is 16.0 Å². The maximum absolute atomic E-state index is 11.5. The van der Waals surface area contributed by atoms with Gasteiger partial charge in [-0.25, -0.2) is 0 Å². The Morgan fingerprint density at radius 1 is 1.41 bits per heavy atom. The molecule has 0 aliphatic heterocycles. The highest BCUT2D eigenvalue weighted by Crippen LogP contribution is 2.10. The lowest BCUT2D eigenvalue weighted by atomic mass is 10.1. The van der Waals surface area contributed by atoms with Crippen LogP contribution in [0.1, 0.15) is 5.56 Å². The molecular weight excluding hydrogens is 305 g/mol. The van der Waals surface area contributed by atoms with Crippen molar-refractivity contribution in [3.8, 4) is 0 Å². The molecule has 1 N–H and O–H groups in total. The number of benzene rings is 1.